The zero-order valence-corrected chi connectivity index (χ0v) is 8.01. The minimum absolute atomic E-state index is 0.259. The van der Waals surface area contributed by atoms with Gasteiger partial charge in [0, 0.05) is 5.54 Å². The number of rotatable bonds is 3. The van der Waals surface area contributed by atoms with Gasteiger partial charge in [-0.3, -0.25) is 0 Å². The molecule has 0 saturated carbocycles. The number of benzene rings is 1. The SMILES string of the molecule is Cc1ccc(F)c(OCC=CCl)c1. The van der Waals surface area contributed by atoms with Gasteiger partial charge in [0.2, 0.25) is 0 Å². The fraction of sp³-hybridized carbons (Fsp3) is 0.200. The van der Waals surface area contributed by atoms with Gasteiger partial charge in [0.05, 0.1) is 0 Å². The quantitative estimate of drug-likeness (QED) is 0.728. The van der Waals surface area contributed by atoms with Gasteiger partial charge in [-0.25, -0.2) is 4.39 Å². The van der Waals surface area contributed by atoms with Crippen LogP contribution in [0.15, 0.2) is 29.8 Å². The van der Waals surface area contributed by atoms with E-state index in [4.69, 9.17) is 16.3 Å². The molecule has 0 saturated heterocycles. The summed E-state index contributed by atoms with van der Waals surface area (Å²) in [6.07, 6.45) is 1.60. The predicted octanol–water partition coefficient (Wildman–Crippen LogP) is 3.27. The molecular formula is C10H10ClFO. The van der Waals surface area contributed by atoms with Crippen LogP contribution in [0.5, 0.6) is 5.75 Å². The smallest absolute Gasteiger partial charge is 0.165 e. The first-order chi connectivity index (χ1) is 6.24. The second kappa shape index (κ2) is 4.87. The Labute approximate surface area is 81.8 Å². The summed E-state index contributed by atoms with van der Waals surface area (Å²) in [5.74, 6) is -0.0941. The van der Waals surface area contributed by atoms with Crippen LogP contribution in [0.25, 0.3) is 0 Å². The minimum Gasteiger partial charge on any atom is -0.486 e. The molecule has 0 fully saturated rings. The largest absolute Gasteiger partial charge is 0.486 e. The van der Waals surface area contributed by atoms with Gasteiger partial charge in [0.25, 0.3) is 0 Å². The maximum atomic E-state index is 13.0. The maximum absolute atomic E-state index is 13.0. The molecule has 0 aliphatic heterocycles. The normalized spacial score (nSPS) is 10.7. The van der Waals surface area contributed by atoms with Crippen LogP contribution in [0.4, 0.5) is 4.39 Å². The van der Waals surface area contributed by atoms with Gasteiger partial charge in [-0.15, -0.1) is 0 Å². The molecule has 0 N–H and O–H groups in total. The van der Waals surface area contributed by atoms with E-state index in [1.54, 1.807) is 18.2 Å². The van der Waals surface area contributed by atoms with Crippen molar-refractivity contribution in [1.29, 1.82) is 0 Å². The van der Waals surface area contributed by atoms with Gasteiger partial charge >= 0.3 is 0 Å². The molecule has 0 aromatic heterocycles. The Balaban J connectivity index is 2.69. The number of hydrogen-bond acceptors (Lipinski definition) is 1. The molecule has 0 bridgehead atoms. The van der Waals surface area contributed by atoms with E-state index in [1.807, 2.05) is 6.92 Å². The second-order valence-corrected chi connectivity index (χ2v) is 2.86. The van der Waals surface area contributed by atoms with Gasteiger partial charge < -0.3 is 4.74 Å². The molecule has 0 heterocycles. The van der Waals surface area contributed by atoms with E-state index in [0.29, 0.717) is 0 Å². The lowest BCUT2D eigenvalue weighted by Gasteiger charge is -2.04. The summed E-state index contributed by atoms with van der Waals surface area (Å²) in [6.45, 7) is 2.16. The molecule has 0 amide bonds. The van der Waals surface area contributed by atoms with E-state index in [2.05, 4.69) is 0 Å². The number of hydrogen-bond donors (Lipinski definition) is 0. The highest BCUT2D eigenvalue weighted by Crippen LogP contribution is 2.18. The van der Waals surface area contributed by atoms with Crippen LogP contribution in [0, 0.1) is 12.7 Å². The fourth-order valence-electron chi connectivity index (χ4n) is 0.895. The lowest BCUT2D eigenvalue weighted by Crippen LogP contribution is -1.95. The van der Waals surface area contributed by atoms with Crippen LogP contribution in [-0.2, 0) is 0 Å². The summed E-state index contributed by atoms with van der Waals surface area (Å²) in [4.78, 5) is 0. The summed E-state index contributed by atoms with van der Waals surface area (Å²) < 4.78 is 18.1. The Bertz CT molecular complexity index is 310. The molecule has 3 heteroatoms. The molecule has 0 unspecified atom stereocenters. The molecule has 1 aromatic rings. The predicted molar refractivity (Wildman–Crippen MR) is 51.6 cm³/mol. The van der Waals surface area contributed by atoms with Crippen molar-refractivity contribution >= 4 is 11.6 Å². The van der Waals surface area contributed by atoms with Gasteiger partial charge in [-0.05, 0) is 30.7 Å². The van der Waals surface area contributed by atoms with Crippen molar-refractivity contribution < 1.29 is 9.13 Å². The van der Waals surface area contributed by atoms with Crippen molar-refractivity contribution in [3.05, 3.63) is 41.2 Å². The van der Waals surface area contributed by atoms with Gasteiger partial charge in [-0.2, -0.15) is 0 Å². The van der Waals surface area contributed by atoms with Crippen LogP contribution >= 0.6 is 11.6 Å². The Morgan fingerprint density at radius 3 is 3.00 bits per heavy atom. The van der Waals surface area contributed by atoms with Crippen molar-refractivity contribution in [2.24, 2.45) is 0 Å². The summed E-state index contributed by atoms with van der Waals surface area (Å²) >= 11 is 5.28. The Hall–Kier alpha value is -1.02. The first-order valence-corrected chi connectivity index (χ1v) is 4.32. The third-order valence-electron chi connectivity index (χ3n) is 1.51. The first-order valence-electron chi connectivity index (χ1n) is 3.88. The van der Waals surface area contributed by atoms with Crippen LogP contribution in [0.1, 0.15) is 5.56 Å². The van der Waals surface area contributed by atoms with E-state index >= 15 is 0 Å². The van der Waals surface area contributed by atoms with Crippen molar-refractivity contribution in [3.63, 3.8) is 0 Å². The Kier molecular flexibility index (Phi) is 3.77. The second-order valence-electron chi connectivity index (χ2n) is 2.61. The van der Waals surface area contributed by atoms with E-state index in [9.17, 15) is 4.39 Å². The standard InChI is InChI=1S/C10H10ClFO/c1-8-3-4-9(12)10(7-8)13-6-2-5-11/h2-5,7H,6H2,1H3. The third kappa shape index (κ3) is 3.07. The van der Waals surface area contributed by atoms with Gasteiger partial charge in [0.15, 0.2) is 11.6 Å². The molecule has 13 heavy (non-hydrogen) atoms. The highest BCUT2D eigenvalue weighted by molar-refractivity contribution is 6.25. The zero-order valence-electron chi connectivity index (χ0n) is 7.26. The lowest BCUT2D eigenvalue weighted by atomic mass is 10.2. The average Bonchev–Trinajstić information content (AvgIpc) is 2.11. The van der Waals surface area contributed by atoms with E-state index in [1.165, 1.54) is 11.6 Å². The Morgan fingerprint density at radius 2 is 2.31 bits per heavy atom. The molecule has 1 aromatic carbocycles. The zero-order chi connectivity index (χ0) is 9.68. The molecular weight excluding hydrogens is 191 g/mol. The monoisotopic (exact) mass is 200 g/mol. The van der Waals surface area contributed by atoms with Gasteiger partial charge in [-0.1, -0.05) is 17.7 Å². The number of ether oxygens (including phenoxy) is 1. The van der Waals surface area contributed by atoms with E-state index in [0.717, 1.165) is 5.56 Å². The average molecular weight is 201 g/mol. The topological polar surface area (TPSA) is 9.23 Å². The van der Waals surface area contributed by atoms with Crippen LogP contribution in [0.2, 0.25) is 0 Å². The summed E-state index contributed by atoms with van der Waals surface area (Å²) in [5.41, 5.74) is 2.31. The number of halogens is 2. The fourth-order valence-corrected chi connectivity index (χ4v) is 0.968. The summed E-state index contributed by atoms with van der Waals surface area (Å²) in [6, 6.07) is 4.73. The van der Waals surface area contributed by atoms with E-state index in [-0.39, 0.29) is 18.2 Å². The highest BCUT2D eigenvalue weighted by Gasteiger charge is 2.01. The van der Waals surface area contributed by atoms with E-state index < -0.39 is 0 Å². The lowest BCUT2D eigenvalue weighted by molar-refractivity contribution is 0.341. The van der Waals surface area contributed by atoms with Crippen LogP contribution < -0.4 is 4.74 Å². The minimum atomic E-state index is -0.353. The van der Waals surface area contributed by atoms with Crippen molar-refractivity contribution in [3.8, 4) is 5.75 Å². The maximum Gasteiger partial charge on any atom is 0.165 e. The molecule has 70 valence electrons. The van der Waals surface area contributed by atoms with Crippen molar-refractivity contribution in [2.75, 3.05) is 6.61 Å². The molecule has 1 rings (SSSR count). The molecule has 1 nitrogen and oxygen atoms in total. The van der Waals surface area contributed by atoms with Crippen LogP contribution in [0.3, 0.4) is 0 Å². The Morgan fingerprint density at radius 1 is 1.54 bits per heavy atom. The highest BCUT2D eigenvalue weighted by atomic mass is 35.5. The molecule has 0 spiro atoms. The molecule has 0 aliphatic rings. The summed E-state index contributed by atoms with van der Waals surface area (Å²) in [5, 5.41) is 0. The van der Waals surface area contributed by atoms with Crippen molar-refractivity contribution in [2.45, 2.75) is 6.92 Å². The number of aryl methyl sites for hydroxylation is 1. The summed E-state index contributed by atoms with van der Waals surface area (Å²) in [7, 11) is 0. The third-order valence-corrected chi connectivity index (χ3v) is 1.69. The van der Waals surface area contributed by atoms with Crippen molar-refractivity contribution in [1.82, 2.24) is 0 Å². The molecule has 0 radical (unpaired) electrons. The van der Waals surface area contributed by atoms with Crippen LogP contribution in [-0.4, -0.2) is 6.61 Å². The first kappa shape index (κ1) is 10.1. The molecule has 0 atom stereocenters. The van der Waals surface area contributed by atoms with Gasteiger partial charge in [0.1, 0.15) is 6.61 Å². The molecule has 0 aliphatic carbocycles.